The number of esters is 1. The molecule has 1 atom stereocenters. The van der Waals surface area contributed by atoms with Gasteiger partial charge in [0.05, 0.1) is 31.6 Å². The number of amides is 1. The number of thioether (sulfide) groups is 1. The van der Waals surface area contributed by atoms with Gasteiger partial charge in [-0.3, -0.25) is 23.9 Å². The van der Waals surface area contributed by atoms with Crippen molar-refractivity contribution < 1.29 is 23.8 Å². The minimum Gasteiger partial charge on any atom is -0.493 e. The highest BCUT2D eigenvalue weighted by Gasteiger charge is 2.35. The van der Waals surface area contributed by atoms with Crippen molar-refractivity contribution in [2.24, 2.45) is 5.92 Å². The van der Waals surface area contributed by atoms with Gasteiger partial charge in [0.25, 0.3) is 11.5 Å². The largest absolute Gasteiger partial charge is 0.493 e. The van der Waals surface area contributed by atoms with Crippen molar-refractivity contribution in [3.05, 3.63) is 55.7 Å². The second-order valence-electron chi connectivity index (χ2n) is 11.0. The van der Waals surface area contributed by atoms with E-state index in [9.17, 15) is 19.6 Å². The monoisotopic (exact) mass is 652 g/mol. The molecule has 3 heterocycles. The van der Waals surface area contributed by atoms with Gasteiger partial charge in [0.1, 0.15) is 21.8 Å². The van der Waals surface area contributed by atoms with E-state index in [1.807, 2.05) is 30.0 Å². The van der Waals surface area contributed by atoms with E-state index in [0.29, 0.717) is 83.3 Å². The Morgan fingerprint density at radius 3 is 2.60 bits per heavy atom. The number of nitriles is 1. The first-order valence-corrected chi connectivity index (χ1v) is 16.5. The van der Waals surface area contributed by atoms with Crippen molar-refractivity contribution >= 4 is 52.1 Å². The van der Waals surface area contributed by atoms with Crippen molar-refractivity contribution in [1.29, 1.82) is 5.26 Å². The van der Waals surface area contributed by atoms with Crippen LogP contribution in [0.1, 0.15) is 61.8 Å². The summed E-state index contributed by atoms with van der Waals surface area (Å²) in [6.07, 6.45) is 5.32. The SMILES string of the molecule is CCCCn1c(N2CCCC(C(=O)OCC)C2)c(C=C2SC(=S)N(CCc3ccc(OC)c(OC)c3)C2=O)c(C)c(C#N)c1=O. The Balaban J connectivity index is 1.73. The zero-order valence-corrected chi connectivity index (χ0v) is 28.1. The van der Waals surface area contributed by atoms with E-state index in [2.05, 4.69) is 6.07 Å². The predicted octanol–water partition coefficient (Wildman–Crippen LogP) is 5.07. The molecule has 2 fully saturated rings. The second-order valence-corrected chi connectivity index (χ2v) is 12.6. The summed E-state index contributed by atoms with van der Waals surface area (Å²) in [5.74, 6) is 1.02. The third-order valence-electron chi connectivity index (χ3n) is 8.14. The van der Waals surface area contributed by atoms with Crippen molar-refractivity contribution in [2.45, 2.75) is 59.4 Å². The molecule has 12 heteroatoms. The number of hydrogen-bond acceptors (Lipinski definition) is 10. The molecule has 0 spiro atoms. The predicted molar refractivity (Wildman–Crippen MR) is 180 cm³/mol. The van der Waals surface area contributed by atoms with Gasteiger partial charge in [0, 0.05) is 31.7 Å². The average molecular weight is 653 g/mol. The summed E-state index contributed by atoms with van der Waals surface area (Å²) in [5.41, 5.74) is 1.76. The molecule has 0 bridgehead atoms. The molecule has 0 aliphatic carbocycles. The molecule has 4 rings (SSSR count). The Kier molecular flexibility index (Phi) is 11.7. The van der Waals surface area contributed by atoms with E-state index in [4.69, 9.17) is 26.4 Å². The number of piperidine rings is 1. The zero-order chi connectivity index (χ0) is 32.7. The number of anilines is 1. The molecule has 240 valence electrons. The van der Waals surface area contributed by atoms with Crippen LogP contribution in [0.25, 0.3) is 6.08 Å². The lowest BCUT2D eigenvalue weighted by atomic mass is 9.96. The van der Waals surface area contributed by atoms with E-state index in [-0.39, 0.29) is 28.9 Å². The first kappa shape index (κ1) is 34.1. The number of unbranched alkanes of at least 4 members (excludes halogenated alkanes) is 1. The number of pyridine rings is 1. The molecule has 0 saturated carbocycles. The smallest absolute Gasteiger partial charge is 0.310 e. The van der Waals surface area contributed by atoms with Crippen LogP contribution in [0.4, 0.5) is 5.82 Å². The summed E-state index contributed by atoms with van der Waals surface area (Å²) < 4.78 is 18.2. The minimum atomic E-state index is -0.365. The van der Waals surface area contributed by atoms with Crippen LogP contribution < -0.4 is 19.9 Å². The number of methoxy groups -OCH3 is 2. The van der Waals surface area contributed by atoms with Crippen LogP contribution in [-0.4, -0.2) is 66.1 Å². The van der Waals surface area contributed by atoms with Gasteiger partial charge in [-0.15, -0.1) is 0 Å². The molecule has 0 radical (unpaired) electrons. The van der Waals surface area contributed by atoms with E-state index in [0.717, 1.165) is 24.8 Å². The minimum absolute atomic E-state index is 0.0454. The van der Waals surface area contributed by atoms with Crippen LogP contribution in [0, 0.1) is 24.2 Å². The van der Waals surface area contributed by atoms with Gasteiger partial charge >= 0.3 is 5.97 Å². The van der Waals surface area contributed by atoms with Crippen LogP contribution in [0.3, 0.4) is 0 Å². The molecule has 2 aromatic rings. The summed E-state index contributed by atoms with van der Waals surface area (Å²) in [6.45, 7) is 7.64. The van der Waals surface area contributed by atoms with Crippen molar-refractivity contribution in [2.75, 3.05) is 45.4 Å². The Morgan fingerprint density at radius 1 is 1.18 bits per heavy atom. The molecular formula is C33H40N4O6S2. The number of carbonyl (C=O) groups is 2. The van der Waals surface area contributed by atoms with Crippen molar-refractivity contribution in [1.82, 2.24) is 9.47 Å². The van der Waals surface area contributed by atoms with E-state index in [1.165, 1.54) is 11.8 Å². The number of carbonyl (C=O) groups excluding carboxylic acids is 2. The maximum absolute atomic E-state index is 13.8. The van der Waals surface area contributed by atoms with Gasteiger partial charge in [-0.05, 0) is 68.9 Å². The van der Waals surface area contributed by atoms with Gasteiger partial charge in [-0.1, -0.05) is 43.4 Å². The maximum atomic E-state index is 13.8. The Labute approximate surface area is 273 Å². The summed E-state index contributed by atoms with van der Waals surface area (Å²) in [5, 5.41) is 10.0. The van der Waals surface area contributed by atoms with Crippen LogP contribution >= 0.6 is 24.0 Å². The molecule has 2 aliphatic rings. The van der Waals surface area contributed by atoms with Crippen molar-refractivity contribution in [3.63, 3.8) is 0 Å². The van der Waals surface area contributed by atoms with Gasteiger partial charge in [-0.25, -0.2) is 0 Å². The molecular weight excluding hydrogens is 613 g/mol. The molecule has 1 aromatic carbocycles. The van der Waals surface area contributed by atoms with E-state index in [1.54, 1.807) is 43.6 Å². The fraction of sp³-hybridized carbons (Fsp3) is 0.485. The standard InChI is InChI=1S/C33H40N4O6S2/c1-6-8-15-36-29(35-14-9-10-23(20-35)32(40)43-7-2)24(21(3)25(19-34)30(36)38)18-28-31(39)37(33(44)45-28)16-13-22-11-12-26(41-4)27(17-22)42-5/h11-12,17-18,23H,6-10,13-16,20H2,1-5H3. The molecule has 0 N–H and O–H groups in total. The molecule has 1 amide bonds. The lowest BCUT2D eigenvalue weighted by Gasteiger charge is -2.36. The highest BCUT2D eigenvalue weighted by Crippen LogP contribution is 2.37. The van der Waals surface area contributed by atoms with Gasteiger partial charge in [-0.2, -0.15) is 5.26 Å². The second kappa shape index (κ2) is 15.5. The Bertz CT molecular complexity index is 1590. The van der Waals surface area contributed by atoms with Gasteiger partial charge in [0.2, 0.25) is 0 Å². The maximum Gasteiger partial charge on any atom is 0.310 e. The number of ether oxygens (including phenoxy) is 3. The van der Waals surface area contributed by atoms with Crippen LogP contribution in [0.5, 0.6) is 11.5 Å². The average Bonchev–Trinajstić information content (AvgIpc) is 3.31. The fourth-order valence-corrected chi connectivity index (χ4v) is 7.02. The van der Waals surface area contributed by atoms with Crippen molar-refractivity contribution in [3.8, 4) is 17.6 Å². The molecule has 10 nitrogen and oxygen atoms in total. The summed E-state index contributed by atoms with van der Waals surface area (Å²) >= 11 is 6.84. The summed E-state index contributed by atoms with van der Waals surface area (Å²) in [6, 6.07) is 7.74. The van der Waals surface area contributed by atoms with Crippen LogP contribution in [0.2, 0.25) is 0 Å². The molecule has 45 heavy (non-hydrogen) atoms. The highest BCUT2D eigenvalue weighted by atomic mass is 32.2. The molecule has 1 unspecified atom stereocenters. The van der Waals surface area contributed by atoms with E-state index < -0.39 is 0 Å². The first-order chi connectivity index (χ1) is 21.7. The molecule has 2 saturated heterocycles. The Morgan fingerprint density at radius 2 is 1.93 bits per heavy atom. The topological polar surface area (TPSA) is 114 Å². The number of hydrogen-bond donors (Lipinski definition) is 0. The highest BCUT2D eigenvalue weighted by molar-refractivity contribution is 8.26. The van der Waals surface area contributed by atoms with Crippen LogP contribution in [-0.2, 0) is 27.3 Å². The van der Waals surface area contributed by atoms with Gasteiger partial charge in [0.15, 0.2) is 11.5 Å². The summed E-state index contributed by atoms with van der Waals surface area (Å²) in [7, 11) is 3.16. The summed E-state index contributed by atoms with van der Waals surface area (Å²) in [4.78, 5) is 44.2. The molecule has 1 aromatic heterocycles. The first-order valence-electron chi connectivity index (χ1n) is 15.2. The number of thiocarbonyl (C=S) groups is 1. The quantitative estimate of drug-likeness (QED) is 0.175. The number of aromatic nitrogens is 1. The normalized spacial score (nSPS) is 17.5. The van der Waals surface area contributed by atoms with Crippen LogP contribution in [0.15, 0.2) is 27.9 Å². The third-order valence-corrected chi connectivity index (χ3v) is 9.52. The third kappa shape index (κ3) is 7.36. The zero-order valence-electron chi connectivity index (χ0n) is 26.5. The molecule has 2 aliphatic heterocycles. The lowest BCUT2D eigenvalue weighted by Crippen LogP contribution is -2.43. The van der Waals surface area contributed by atoms with E-state index >= 15 is 0 Å². The van der Waals surface area contributed by atoms with Gasteiger partial charge < -0.3 is 19.1 Å². The Hall–Kier alpha value is -3.82. The lowest BCUT2D eigenvalue weighted by molar-refractivity contribution is -0.148. The number of rotatable bonds is 12. The number of benzene rings is 1. The number of nitrogens with zero attached hydrogens (tertiary/aromatic N) is 4. The fourth-order valence-electron chi connectivity index (χ4n) is 5.73.